The lowest BCUT2D eigenvalue weighted by atomic mass is 10.0. The summed E-state index contributed by atoms with van der Waals surface area (Å²) >= 11 is 0. The van der Waals surface area contributed by atoms with Crippen LogP contribution in [0, 0.1) is 0 Å². The first-order valence-electron chi connectivity index (χ1n) is 6.29. The summed E-state index contributed by atoms with van der Waals surface area (Å²) in [6, 6.07) is 0. The van der Waals surface area contributed by atoms with Crippen molar-refractivity contribution in [3.63, 3.8) is 0 Å². The molecule has 6 nitrogen and oxygen atoms in total. The molecule has 2 heterocycles. The monoisotopic (exact) mass is 248 g/mol. The largest absolute Gasteiger partial charge is 0.364 e. The second-order valence-corrected chi connectivity index (χ2v) is 4.92. The average Bonchev–Trinajstić information content (AvgIpc) is 2.77. The van der Waals surface area contributed by atoms with Crippen LogP contribution >= 0.6 is 0 Å². The maximum atomic E-state index is 4.50. The third-order valence-electron chi connectivity index (χ3n) is 2.99. The Morgan fingerprint density at radius 2 is 2.06 bits per heavy atom. The number of nitrogens with zero attached hydrogens (tertiary/aromatic N) is 3. The van der Waals surface area contributed by atoms with Gasteiger partial charge in [0.05, 0.1) is 11.6 Å². The van der Waals surface area contributed by atoms with Crippen LogP contribution < -0.4 is 10.6 Å². The molecule has 0 saturated heterocycles. The number of hydrogen-bond acceptors (Lipinski definition) is 5. The molecule has 0 fully saturated rings. The molecule has 6 heteroatoms. The lowest BCUT2D eigenvalue weighted by molar-refractivity contribution is 0.545. The summed E-state index contributed by atoms with van der Waals surface area (Å²) in [6.45, 7) is 9.24. The maximum Gasteiger partial charge on any atom is 0.226 e. The molecule has 0 aliphatic rings. The highest BCUT2D eigenvalue weighted by molar-refractivity contribution is 5.87. The van der Waals surface area contributed by atoms with Gasteiger partial charge in [0.2, 0.25) is 5.95 Å². The van der Waals surface area contributed by atoms with E-state index < -0.39 is 0 Å². The highest BCUT2D eigenvalue weighted by Gasteiger charge is 2.18. The van der Waals surface area contributed by atoms with Gasteiger partial charge in [-0.25, -0.2) is 0 Å². The molecule has 0 amide bonds. The summed E-state index contributed by atoms with van der Waals surface area (Å²) in [5, 5.41) is 14.4. The van der Waals surface area contributed by atoms with Crippen LogP contribution in [0.15, 0.2) is 6.20 Å². The molecular weight excluding hydrogens is 228 g/mol. The third kappa shape index (κ3) is 2.52. The summed E-state index contributed by atoms with van der Waals surface area (Å²) in [5.41, 5.74) is 0.734. The van der Waals surface area contributed by atoms with Crippen molar-refractivity contribution < 1.29 is 0 Å². The van der Waals surface area contributed by atoms with E-state index in [9.17, 15) is 0 Å². The van der Waals surface area contributed by atoms with E-state index in [1.54, 1.807) is 6.20 Å². The van der Waals surface area contributed by atoms with E-state index in [4.69, 9.17) is 0 Å². The molecule has 0 atom stereocenters. The van der Waals surface area contributed by atoms with Crippen LogP contribution in [0.3, 0.4) is 0 Å². The molecule has 0 bridgehead atoms. The van der Waals surface area contributed by atoms with E-state index >= 15 is 0 Å². The summed E-state index contributed by atoms with van der Waals surface area (Å²) in [4.78, 5) is 8.86. The van der Waals surface area contributed by atoms with Crippen molar-refractivity contribution in [1.82, 2.24) is 20.2 Å². The minimum atomic E-state index is -0.0119. The van der Waals surface area contributed by atoms with E-state index in [0.717, 1.165) is 29.8 Å². The molecule has 2 aromatic heterocycles. The van der Waals surface area contributed by atoms with Gasteiger partial charge >= 0.3 is 0 Å². The van der Waals surface area contributed by atoms with Gasteiger partial charge in [0, 0.05) is 12.1 Å². The quantitative estimate of drug-likeness (QED) is 0.757. The number of aromatic amines is 1. The van der Waals surface area contributed by atoms with Crippen molar-refractivity contribution in [1.29, 1.82) is 0 Å². The normalized spacial score (nSPS) is 11.8. The SMILES string of the molecule is CCNc1nc(NC(C)(C)CC)c2cn[nH]c2n1. The predicted octanol–water partition coefficient (Wildman–Crippen LogP) is 2.39. The zero-order valence-electron chi connectivity index (χ0n) is 11.3. The molecular formula is C12H20N6. The molecule has 0 aromatic carbocycles. The minimum absolute atomic E-state index is 0.0119. The molecule has 18 heavy (non-hydrogen) atoms. The Hall–Kier alpha value is -1.85. The molecule has 0 spiro atoms. The number of anilines is 2. The Morgan fingerprint density at radius 3 is 2.72 bits per heavy atom. The van der Waals surface area contributed by atoms with Crippen LogP contribution in [0.4, 0.5) is 11.8 Å². The second-order valence-electron chi connectivity index (χ2n) is 4.92. The van der Waals surface area contributed by atoms with Crippen molar-refractivity contribution in [3.05, 3.63) is 6.20 Å². The van der Waals surface area contributed by atoms with E-state index in [-0.39, 0.29) is 5.54 Å². The van der Waals surface area contributed by atoms with Gasteiger partial charge in [0.25, 0.3) is 0 Å². The predicted molar refractivity (Wildman–Crippen MR) is 73.8 cm³/mol. The van der Waals surface area contributed by atoms with E-state index in [1.165, 1.54) is 0 Å². The van der Waals surface area contributed by atoms with Gasteiger partial charge in [0.15, 0.2) is 5.65 Å². The summed E-state index contributed by atoms with van der Waals surface area (Å²) in [6.07, 6.45) is 2.76. The van der Waals surface area contributed by atoms with Gasteiger partial charge < -0.3 is 10.6 Å². The second kappa shape index (κ2) is 4.80. The van der Waals surface area contributed by atoms with Crippen LogP contribution in [-0.2, 0) is 0 Å². The zero-order chi connectivity index (χ0) is 13.2. The number of H-pyrrole nitrogens is 1. The molecule has 2 aromatic rings. The number of fused-ring (bicyclic) bond motifs is 1. The lowest BCUT2D eigenvalue weighted by Gasteiger charge is -2.25. The number of hydrogen-bond donors (Lipinski definition) is 3. The molecule has 0 saturated carbocycles. The van der Waals surface area contributed by atoms with Gasteiger partial charge in [-0.05, 0) is 27.2 Å². The van der Waals surface area contributed by atoms with E-state index in [2.05, 4.69) is 51.6 Å². The standard InChI is InChI=1S/C12H20N6/c1-5-12(3,4)17-9-8-7-14-18-10(8)16-11(15-9)13-6-2/h7H,5-6H2,1-4H3,(H3,13,14,15,16,17,18). The summed E-state index contributed by atoms with van der Waals surface area (Å²) in [5.74, 6) is 1.43. The molecule has 0 radical (unpaired) electrons. The third-order valence-corrected chi connectivity index (χ3v) is 2.99. The fraction of sp³-hybridized carbons (Fsp3) is 0.583. The van der Waals surface area contributed by atoms with E-state index in [1.807, 2.05) is 6.92 Å². The Kier molecular flexibility index (Phi) is 3.36. The van der Waals surface area contributed by atoms with Crippen LogP contribution in [-0.4, -0.2) is 32.2 Å². The molecule has 0 aliphatic carbocycles. The Balaban J connectivity index is 2.43. The number of nitrogens with one attached hydrogen (secondary N) is 3. The smallest absolute Gasteiger partial charge is 0.226 e. The molecule has 2 rings (SSSR count). The zero-order valence-corrected chi connectivity index (χ0v) is 11.3. The van der Waals surface area contributed by atoms with E-state index in [0.29, 0.717) is 5.95 Å². The lowest BCUT2D eigenvalue weighted by Crippen LogP contribution is -2.30. The fourth-order valence-corrected chi connectivity index (χ4v) is 1.58. The Bertz CT molecular complexity index is 530. The Labute approximate surface area is 107 Å². The average molecular weight is 248 g/mol. The topological polar surface area (TPSA) is 78.5 Å². The van der Waals surface area contributed by atoms with Gasteiger partial charge in [-0.1, -0.05) is 6.92 Å². The van der Waals surface area contributed by atoms with Crippen LogP contribution in [0.1, 0.15) is 34.1 Å². The number of aromatic nitrogens is 4. The van der Waals surface area contributed by atoms with Gasteiger partial charge in [0.1, 0.15) is 5.82 Å². The first-order chi connectivity index (χ1) is 8.55. The number of rotatable bonds is 5. The van der Waals surface area contributed by atoms with Crippen LogP contribution in [0.5, 0.6) is 0 Å². The highest BCUT2D eigenvalue weighted by atomic mass is 15.2. The molecule has 0 unspecified atom stereocenters. The minimum Gasteiger partial charge on any atom is -0.364 e. The summed E-state index contributed by atoms with van der Waals surface area (Å²) in [7, 11) is 0. The molecule has 98 valence electrons. The molecule has 0 aliphatic heterocycles. The van der Waals surface area contributed by atoms with Crippen molar-refractivity contribution in [2.75, 3.05) is 17.2 Å². The van der Waals surface area contributed by atoms with Gasteiger partial charge in [-0.15, -0.1) is 0 Å². The van der Waals surface area contributed by atoms with Gasteiger partial charge in [-0.3, -0.25) is 5.10 Å². The van der Waals surface area contributed by atoms with Crippen molar-refractivity contribution in [3.8, 4) is 0 Å². The molecule has 3 N–H and O–H groups in total. The fourth-order valence-electron chi connectivity index (χ4n) is 1.58. The maximum absolute atomic E-state index is 4.50. The van der Waals surface area contributed by atoms with Crippen LogP contribution in [0.2, 0.25) is 0 Å². The first-order valence-corrected chi connectivity index (χ1v) is 6.29. The Morgan fingerprint density at radius 1 is 1.28 bits per heavy atom. The van der Waals surface area contributed by atoms with Crippen molar-refractivity contribution in [2.45, 2.75) is 39.7 Å². The van der Waals surface area contributed by atoms with Crippen molar-refractivity contribution >= 4 is 22.8 Å². The summed E-state index contributed by atoms with van der Waals surface area (Å²) < 4.78 is 0. The first kappa shape index (κ1) is 12.6. The van der Waals surface area contributed by atoms with Crippen molar-refractivity contribution in [2.24, 2.45) is 0 Å². The van der Waals surface area contributed by atoms with Crippen LogP contribution in [0.25, 0.3) is 11.0 Å². The van der Waals surface area contributed by atoms with Gasteiger partial charge in [-0.2, -0.15) is 15.1 Å². The highest BCUT2D eigenvalue weighted by Crippen LogP contribution is 2.24.